The van der Waals surface area contributed by atoms with Crippen molar-refractivity contribution in [3.05, 3.63) is 88.6 Å². The summed E-state index contributed by atoms with van der Waals surface area (Å²) >= 11 is 0. The van der Waals surface area contributed by atoms with E-state index < -0.39 is 59.4 Å². The minimum absolute atomic E-state index is 0.164. The van der Waals surface area contributed by atoms with Gasteiger partial charge in [-0.3, -0.25) is 9.59 Å². The van der Waals surface area contributed by atoms with Gasteiger partial charge in [0.2, 0.25) is 12.0 Å². The number of aliphatic hydroxyl groups is 3. The molecule has 1 saturated heterocycles. The fourth-order valence-corrected chi connectivity index (χ4v) is 3.91. The molecule has 5 rings (SSSR count). The number of aliphatic carboxylic acids is 1. The van der Waals surface area contributed by atoms with E-state index in [0.717, 1.165) is 24.0 Å². The SMILES string of the molecule is O=C(O)[C@H]1O[C@H](Oc2cc3oc(-c4ccccc4)cc(=O)c3c(O)c2O)[C@H](O)[C@@H](O)[C@@H]1O.O=Cc1ccccc1. The van der Waals surface area contributed by atoms with Gasteiger partial charge in [0, 0.05) is 23.3 Å². The van der Waals surface area contributed by atoms with Crippen molar-refractivity contribution in [3.63, 3.8) is 0 Å². The number of rotatable bonds is 5. The molecule has 40 heavy (non-hydrogen) atoms. The van der Waals surface area contributed by atoms with Crippen LogP contribution in [0.2, 0.25) is 0 Å². The van der Waals surface area contributed by atoms with Gasteiger partial charge in [-0.05, 0) is 0 Å². The number of carbonyl (C=O) groups is 2. The van der Waals surface area contributed by atoms with Crippen LogP contribution in [0.3, 0.4) is 0 Å². The summed E-state index contributed by atoms with van der Waals surface area (Å²) < 4.78 is 16.0. The molecule has 0 bridgehead atoms. The molecule has 0 unspecified atom stereocenters. The topological polar surface area (TPSA) is 204 Å². The molecule has 208 valence electrons. The molecule has 1 aliphatic rings. The molecule has 5 atom stereocenters. The second kappa shape index (κ2) is 12.0. The number of fused-ring (bicyclic) bond motifs is 1. The average Bonchev–Trinajstić information content (AvgIpc) is 2.96. The highest BCUT2D eigenvalue weighted by Gasteiger charge is 2.48. The summed E-state index contributed by atoms with van der Waals surface area (Å²) in [5.74, 6) is -3.76. The van der Waals surface area contributed by atoms with Gasteiger partial charge in [-0.2, -0.15) is 0 Å². The number of ether oxygens (including phenoxy) is 2. The van der Waals surface area contributed by atoms with Crippen LogP contribution in [0.15, 0.2) is 82.0 Å². The van der Waals surface area contributed by atoms with Crippen LogP contribution >= 0.6 is 0 Å². The molecule has 12 heteroatoms. The van der Waals surface area contributed by atoms with Crippen molar-refractivity contribution < 1.29 is 54.1 Å². The van der Waals surface area contributed by atoms with Gasteiger partial charge in [0.05, 0.1) is 0 Å². The lowest BCUT2D eigenvalue weighted by atomic mass is 9.99. The second-order valence-electron chi connectivity index (χ2n) is 8.67. The molecule has 0 aliphatic carbocycles. The number of aldehydes is 1. The minimum Gasteiger partial charge on any atom is -0.504 e. The maximum absolute atomic E-state index is 12.5. The zero-order valence-corrected chi connectivity index (χ0v) is 20.5. The number of carboxylic acids is 1. The van der Waals surface area contributed by atoms with Gasteiger partial charge in [0.1, 0.15) is 41.3 Å². The first kappa shape index (κ1) is 28.3. The summed E-state index contributed by atoms with van der Waals surface area (Å²) in [7, 11) is 0. The first-order valence-corrected chi connectivity index (χ1v) is 11.8. The zero-order valence-electron chi connectivity index (χ0n) is 20.5. The molecular formula is C28H24O12. The summed E-state index contributed by atoms with van der Waals surface area (Å²) in [6.07, 6.45) is -8.72. The molecule has 1 aliphatic heterocycles. The van der Waals surface area contributed by atoms with E-state index in [1.165, 1.54) is 0 Å². The maximum atomic E-state index is 12.5. The van der Waals surface area contributed by atoms with Crippen molar-refractivity contribution in [1.29, 1.82) is 0 Å². The maximum Gasteiger partial charge on any atom is 0.335 e. The summed E-state index contributed by atoms with van der Waals surface area (Å²) in [4.78, 5) is 33.8. The van der Waals surface area contributed by atoms with E-state index in [4.69, 9.17) is 19.0 Å². The number of hydrogen-bond acceptors (Lipinski definition) is 11. The van der Waals surface area contributed by atoms with Gasteiger partial charge in [0.15, 0.2) is 23.0 Å². The fourth-order valence-electron chi connectivity index (χ4n) is 3.91. The first-order valence-electron chi connectivity index (χ1n) is 11.8. The van der Waals surface area contributed by atoms with Gasteiger partial charge < -0.3 is 44.5 Å². The van der Waals surface area contributed by atoms with Crippen LogP contribution in [0, 0.1) is 0 Å². The number of carboxylic acid groups (broad SMARTS) is 1. The highest BCUT2D eigenvalue weighted by Crippen LogP contribution is 2.42. The van der Waals surface area contributed by atoms with Crippen LogP contribution in [0.1, 0.15) is 10.4 Å². The molecule has 0 amide bonds. The van der Waals surface area contributed by atoms with Gasteiger partial charge in [-0.1, -0.05) is 60.7 Å². The molecule has 0 radical (unpaired) electrons. The monoisotopic (exact) mass is 552 g/mol. The normalized spacial score (nSPS) is 22.1. The van der Waals surface area contributed by atoms with Gasteiger partial charge in [0.25, 0.3) is 0 Å². The van der Waals surface area contributed by atoms with Crippen LogP contribution in [0.25, 0.3) is 22.3 Å². The average molecular weight is 552 g/mol. The van der Waals surface area contributed by atoms with E-state index in [0.29, 0.717) is 5.56 Å². The lowest BCUT2D eigenvalue weighted by Gasteiger charge is -2.38. The second-order valence-corrected chi connectivity index (χ2v) is 8.67. The number of aliphatic hydroxyl groups excluding tert-OH is 3. The lowest BCUT2D eigenvalue weighted by Crippen LogP contribution is -2.61. The summed E-state index contributed by atoms with van der Waals surface area (Å²) in [5.41, 5.74) is 0.465. The Morgan fingerprint density at radius 2 is 1.48 bits per heavy atom. The number of aromatic hydroxyl groups is 2. The Hall–Kier alpha value is -4.75. The number of hydrogen-bond donors (Lipinski definition) is 6. The fraction of sp³-hybridized carbons (Fsp3) is 0.179. The lowest BCUT2D eigenvalue weighted by molar-refractivity contribution is -0.271. The summed E-state index contributed by atoms with van der Waals surface area (Å²) in [6.45, 7) is 0. The number of benzene rings is 3. The Balaban J connectivity index is 0.000000398. The predicted molar refractivity (Wildman–Crippen MR) is 138 cm³/mol. The molecule has 6 N–H and O–H groups in total. The Morgan fingerprint density at radius 3 is 2.05 bits per heavy atom. The highest BCUT2D eigenvalue weighted by atomic mass is 16.7. The van der Waals surface area contributed by atoms with E-state index in [1.54, 1.807) is 42.5 Å². The van der Waals surface area contributed by atoms with E-state index >= 15 is 0 Å². The van der Waals surface area contributed by atoms with Crippen LogP contribution < -0.4 is 10.2 Å². The molecule has 0 saturated carbocycles. The van der Waals surface area contributed by atoms with Crippen LogP contribution in [-0.4, -0.2) is 73.6 Å². The summed E-state index contributed by atoms with van der Waals surface area (Å²) in [5, 5.41) is 59.2. The van der Waals surface area contributed by atoms with Crippen molar-refractivity contribution in [1.82, 2.24) is 0 Å². The Bertz CT molecular complexity index is 1550. The molecule has 2 heterocycles. The van der Waals surface area contributed by atoms with Crippen molar-refractivity contribution >= 4 is 23.2 Å². The Labute approximate surface area is 225 Å². The predicted octanol–water partition coefficient (Wildman–Crippen LogP) is 1.64. The number of phenolic OH excluding ortho intramolecular Hbond substituents is 2. The Kier molecular flexibility index (Phi) is 8.46. The molecule has 1 aromatic heterocycles. The van der Waals surface area contributed by atoms with Crippen molar-refractivity contribution in [2.24, 2.45) is 0 Å². The standard InChI is InChI=1S/C21H18O11.C7H6O/c22-9-6-10(8-4-2-1-3-5-8)30-11-7-12(14(23)15(24)13(9)11)31-21-18(27)16(25)17(26)19(32-21)20(28)29;8-6-7-4-2-1-3-5-7/h1-7,16-19,21,23-27H,(H,28,29);1-6H/t16-,17-,18+,19-,21-;/m0./s1. The largest absolute Gasteiger partial charge is 0.504 e. The molecule has 1 fully saturated rings. The van der Waals surface area contributed by atoms with E-state index in [2.05, 4.69) is 0 Å². The molecular weight excluding hydrogens is 528 g/mol. The molecule has 0 spiro atoms. The number of carbonyl (C=O) groups excluding carboxylic acids is 1. The van der Waals surface area contributed by atoms with E-state index in [1.807, 2.05) is 18.2 Å². The molecule has 12 nitrogen and oxygen atoms in total. The van der Waals surface area contributed by atoms with Crippen molar-refractivity contribution in [3.8, 4) is 28.6 Å². The first-order chi connectivity index (χ1) is 19.1. The Morgan fingerprint density at radius 1 is 0.850 bits per heavy atom. The smallest absolute Gasteiger partial charge is 0.335 e. The van der Waals surface area contributed by atoms with Crippen molar-refractivity contribution in [2.45, 2.75) is 30.7 Å². The van der Waals surface area contributed by atoms with Crippen LogP contribution in [-0.2, 0) is 9.53 Å². The van der Waals surface area contributed by atoms with Gasteiger partial charge >= 0.3 is 5.97 Å². The van der Waals surface area contributed by atoms with E-state index in [-0.39, 0.29) is 16.7 Å². The van der Waals surface area contributed by atoms with Crippen LogP contribution in [0.5, 0.6) is 17.2 Å². The van der Waals surface area contributed by atoms with E-state index in [9.17, 15) is 39.9 Å². The zero-order chi connectivity index (χ0) is 29.0. The highest BCUT2D eigenvalue weighted by molar-refractivity contribution is 5.89. The van der Waals surface area contributed by atoms with Crippen molar-refractivity contribution in [2.75, 3.05) is 0 Å². The molecule has 3 aromatic carbocycles. The third kappa shape index (κ3) is 5.80. The van der Waals surface area contributed by atoms with Gasteiger partial charge in [-0.15, -0.1) is 0 Å². The quantitative estimate of drug-likeness (QED) is 0.154. The van der Waals surface area contributed by atoms with Gasteiger partial charge in [-0.25, -0.2) is 4.79 Å². The minimum atomic E-state index is -1.94. The third-order valence-corrected chi connectivity index (χ3v) is 5.98. The number of phenols is 2. The summed E-state index contributed by atoms with van der Waals surface area (Å²) in [6, 6.07) is 19.9. The molecule has 4 aromatic rings. The van der Waals surface area contributed by atoms with Crippen LogP contribution in [0.4, 0.5) is 0 Å². The third-order valence-electron chi connectivity index (χ3n) is 5.98.